The summed E-state index contributed by atoms with van der Waals surface area (Å²) in [5.41, 5.74) is 1.78. The molecule has 0 spiro atoms. The van der Waals surface area contributed by atoms with Crippen LogP contribution in [0.1, 0.15) is 30.4 Å². The van der Waals surface area contributed by atoms with E-state index in [-0.39, 0.29) is 36.0 Å². The Hall–Kier alpha value is -2.37. The van der Waals surface area contributed by atoms with Gasteiger partial charge in [-0.05, 0) is 49.1 Å². The maximum absolute atomic E-state index is 11.8. The normalized spacial score (nSPS) is 12.2. The van der Waals surface area contributed by atoms with Gasteiger partial charge in [0.15, 0.2) is 5.96 Å². The number of rotatable bonds is 7. The molecule has 1 unspecified atom stereocenters. The Morgan fingerprint density at radius 2 is 1.81 bits per heavy atom. The number of benzene rings is 2. The van der Waals surface area contributed by atoms with Crippen LogP contribution < -0.4 is 21.3 Å². The number of anilines is 1. The smallest absolute Gasteiger partial charge is 0.319 e. The molecule has 3 aromatic rings. The van der Waals surface area contributed by atoms with Gasteiger partial charge in [0.2, 0.25) is 0 Å². The quantitative estimate of drug-likeness (QED) is 0.166. The molecular weight excluding hydrogens is 537 g/mol. The van der Waals surface area contributed by atoms with Gasteiger partial charge in [0.05, 0.1) is 0 Å². The predicted molar refractivity (Wildman–Crippen MR) is 144 cm³/mol. The van der Waals surface area contributed by atoms with Crippen molar-refractivity contribution in [2.45, 2.75) is 32.5 Å². The second-order valence-electron chi connectivity index (χ2n) is 7.46. The minimum absolute atomic E-state index is 0. The van der Waals surface area contributed by atoms with Crippen molar-refractivity contribution in [2.75, 3.05) is 18.9 Å². The zero-order chi connectivity index (χ0) is 22.2. The zero-order valence-corrected chi connectivity index (χ0v) is 21.5. The number of carbonyl (C=O) groups is 1. The minimum atomic E-state index is -0.613. The van der Waals surface area contributed by atoms with Gasteiger partial charge < -0.3 is 26.4 Å². The lowest BCUT2D eigenvalue weighted by atomic mass is 10.2. The van der Waals surface area contributed by atoms with Crippen molar-refractivity contribution in [1.29, 1.82) is 0 Å². The first-order chi connectivity index (χ1) is 14.9. The number of aliphatic imine (C=N–C) groups is 1. The molecule has 0 aliphatic rings. The lowest BCUT2D eigenvalue weighted by molar-refractivity contribution is 0.184. The number of urea groups is 1. The van der Waals surface area contributed by atoms with Crippen LogP contribution in [0.4, 0.5) is 10.5 Å². The molecule has 2 amide bonds. The van der Waals surface area contributed by atoms with Crippen LogP contribution in [0.25, 0.3) is 10.1 Å². The number of amides is 2. The van der Waals surface area contributed by atoms with Gasteiger partial charge in [0.1, 0.15) is 6.10 Å². The number of hydrogen-bond donors (Lipinski definition) is 5. The first-order valence-electron chi connectivity index (χ1n) is 10.2. The monoisotopic (exact) mass is 567 g/mol. The fraction of sp³-hybridized carbons (Fsp3) is 0.304. The van der Waals surface area contributed by atoms with Crippen LogP contribution >= 0.6 is 35.3 Å². The number of carbonyl (C=O) groups excluding carboxylic acids is 1. The maximum Gasteiger partial charge on any atom is 0.319 e. The highest BCUT2D eigenvalue weighted by atomic mass is 127. The van der Waals surface area contributed by atoms with Crippen LogP contribution in [-0.2, 0) is 6.54 Å². The Morgan fingerprint density at radius 3 is 2.47 bits per heavy atom. The number of thiophene rings is 1. The second kappa shape index (κ2) is 12.6. The number of halogens is 1. The van der Waals surface area contributed by atoms with E-state index < -0.39 is 6.10 Å². The van der Waals surface area contributed by atoms with Crippen LogP contribution in [0.15, 0.2) is 59.6 Å². The van der Waals surface area contributed by atoms with E-state index in [2.05, 4.69) is 32.3 Å². The topological polar surface area (TPSA) is 97.8 Å². The minimum Gasteiger partial charge on any atom is -0.386 e. The van der Waals surface area contributed by atoms with Gasteiger partial charge in [-0.3, -0.25) is 4.99 Å². The molecule has 5 N–H and O–H groups in total. The molecule has 0 saturated heterocycles. The van der Waals surface area contributed by atoms with Gasteiger partial charge >= 0.3 is 6.03 Å². The van der Waals surface area contributed by atoms with Crippen molar-refractivity contribution in [1.82, 2.24) is 16.0 Å². The number of nitrogens with one attached hydrogen (secondary N) is 4. The van der Waals surface area contributed by atoms with Crippen LogP contribution in [0.2, 0.25) is 0 Å². The Morgan fingerprint density at radius 1 is 1.09 bits per heavy atom. The largest absolute Gasteiger partial charge is 0.386 e. The van der Waals surface area contributed by atoms with Crippen LogP contribution in [-0.4, -0.2) is 36.7 Å². The van der Waals surface area contributed by atoms with Gasteiger partial charge in [0.25, 0.3) is 0 Å². The summed E-state index contributed by atoms with van der Waals surface area (Å²) in [6, 6.07) is 17.6. The lowest BCUT2D eigenvalue weighted by Crippen LogP contribution is -2.38. The Balaban J connectivity index is 0.00000363. The van der Waals surface area contributed by atoms with Crippen molar-refractivity contribution in [2.24, 2.45) is 4.99 Å². The molecule has 0 aliphatic carbocycles. The van der Waals surface area contributed by atoms with E-state index in [1.807, 2.05) is 62.4 Å². The van der Waals surface area contributed by atoms with Gasteiger partial charge in [-0.15, -0.1) is 35.3 Å². The van der Waals surface area contributed by atoms with Crippen LogP contribution in [0, 0.1) is 0 Å². The van der Waals surface area contributed by atoms with Gasteiger partial charge in [-0.2, -0.15) is 0 Å². The van der Waals surface area contributed by atoms with E-state index in [0.29, 0.717) is 19.0 Å². The third-order valence-corrected chi connectivity index (χ3v) is 5.77. The van der Waals surface area contributed by atoms with Crippen LogP contribution in [0.5, 0.6) is 0 Å². The highest BCUT2D eigenvalue weighted by Gasteiger charge is 2.12. The summed E-state index contributed by atoms with van der Waals surface area (Å²) < 4.78 is 1.17. The van der Waals surface area contributed by atoms with Gasteiger partial charge in [-0.1, -0.05) is 30.3 Å². The summed E-state index contributed by atoms with van der Waals surface area (Å²) in [6.07, 6.45) is -0.613. The summed E-state index contributed by atoms with van der Waals surface area (Å²) in [5, 5.41) is 23.7. The number of guanidine groups is 1. The average molecular weight is 567 g/mol. The highest BCUT2D eigenvalue weighted by molar-refractivity contribution is 14.0. The third kappa shape index (κ3) is 7.64. The molecule has 1 aromatic heterocycles. The molecule has 0 bridgehead atoms. The van der Waals surface area contributed by atoms with E-state index in [1.165, 1.54) is 4.70 Å². The molecule has 0 fully saturated rings. The molecule has 1 heterocycles. The molecule has 3 rings (SSSR count). The molecule has 0 aliphatic heterocycles. The Kier molecular flexibility index (Phi) is 10.2. The number of fused-ring (bicyclic) bond motifs is 1. The number of aliphatic hydroxyl groups is 1. The van der Waals surface area contributed by atoms with E-state index in [4.69, 9.17) is 0 Å². The molecule has 1 atom stereocenters. The van der Waals surface area contributed by atoms with Crippen molar-refractivity contribution in [3.05, 3.63) is 65.0 Å². The molecule has 7 nitrogen and oxygen atoms in total. The summed E-state index contributed by atoms with van der Waals surface area (Å²) >= 11 is 1.60. The predicted octanol–water partition coefficient (Wildman–Crippen LogP) is 4.45. The van der Waals surface area contributed by atoms with E-state index in [9.17, 15) is 9.90 Å². The van der Waals surface area contributed by atoms with E-state index in [1.54, 1.807) is 18.4 Å². The molecule has 2 aromatic carbocycles. The lowest BCUT2D eigenvalue weighted by Gasteiger charge is -2.15. The summed E-state index contributed by atoms with van der Waals surface area (Å²) in [5.74, 6) is 0.610. The average Bonchev–Trinajstić information content (AvgIpc) is 3.18. The standard InChI is InChI=1S/C23H29N5O2S.HI/c1-15(2)27-23(30)28-18-10-8-16(9-11-18)13-25-22(24-3)26-14-19(29)21-12-17-6-4-5-7-20(17)31-21;/h4-12,15,19,29H,13-14H2,1-3H3,(H2,24,25,26)(H2,27,28,30);1H. The molecule has 0 radical (unpaired) electrons. The summed E-state index contributed by atoms with van der Waals surface area (Å²) in [6.45, 7) is 4.75. The van der Waals surface area contributed by atoms with Crippen LogP contribution in [0.3, 0.4) is 0 Å². The SMILES string of the molecule is CN=C(NCc1ccc(NC(=O)NC(C)C)cc1)NCC(O)c1cc2ccccc2s1.I. The summed E-state index contributed by atoms with van der Waals surface area (Å²) in [7, 11) is 1.70. The van der Waals surface area contributed by atoms with Crippen molar-refractivity contribution < 1.29 is 9.90 Å². The molecule has 172 valence electrons. The number of hydrogen-bond acceptors (Lipinski definition) is 4. The number of aliphatic hydroxyl groups excluding tert-OH is 1. The van der Waals surface area contributed by atoms with Gasteiger partial charge in [-0.25, -0.2) is 4.79 Å². The highest BCUT2D eigenvalue weighted by Crippen LogP contribution is 2.29. The maximum atomic E-state index is 11.8. The van der Waals surface area contributed by atoms with Crippen molar-refractivity contribution in [3.8, 4) is 0 Å². The summed E-state index contributed by atoms with van der Waals surface area (Å²) in [4.78, 5) is 16.9. The van der Waals surface area contributed by atoms with E-state index in [0.717, 1.165) is 21.5 Å². The fourth-order valence-electron chi connectivity index (χ4n) is 3.00. The zero-order valence-electron chi connectivity index (χ0n) is 18.4. The first kappa shape index (κ1) is 25.9. The Bertz CT molecular complexity index is 1000. The first-order valence-corrected chi connectivity index (χ1v) is 11.0. The fourth-order valence-corrected chi connectivity index (χ4v) is 4.05. The van der Waals surface area contributed by atoms with E-state index >= 15 is 0 Å². The number of nitrogens with zero attached hydrogens (tertiary/aromatic N) is 1. The molecule has 0 saturated carbocycles. The van der Waals surface area contributed by atoms with Crippen molar-refractivity contribution in [3.63, 3.8) is 0 Å². The second-order valence-corrected chi connectivity index (χ2v) is 8.57. The molecule has 9 heteroatoms. The van der Waals surface area contributed by atoms with Crippen molar-refractivity contribution >= 4 is 63.1 Å². The molecule has 32 heavy (non-hydrogen) atoms. The molecular formula is C23H30IN5O2S. The van der Waals surface area contributed by atoms with Gasteiger partial charge in [0, 0.05) is 41.4 Å². The Labute approximate surface area is 209 Å². The third-order valence-electron chi connectivity index (χ3n) is 4.55.